The second-order valence-electron chi connectivity index (χ2n) is 4.88. The summed E-state index contributed by atoms with van der Waals surface area (Å²) in [6.07, 6.45) is 0. The molecule has 2 rings (SSSR count). The molecule has 0 aliphatic heterocycles. The molecule has 0 aromatic heterocycles. The number of nitro groups is 2. The predicted molar refractivity (Wildman–Crippen MR) is 80.7 cm³/mol. The lowest BCUT2D eigenvalue weighted by Crippen LogP contribution is -2.11. The van der Waals surface area contributed by atoms with Gasteiger partial charge in [0.15, 0.2) is 0 Å². The molecule has 2 aromatic carbocycles. The van der Waals surface area contributed by atoms with Crippen LogP contribution in [0.1, 0.15) is 34.3 Å². The summed E-state index contributed by atoms with van der Waals surface area (Å²) in [6, 6.07) is 10.3. The van der Waals surface area contributed by atoms with E-state index in [-0.39, 0.29) is 5.56 Å². The number of carbonyl (C=O) groups is 1. The second kappa shape index (κ2) is 6.22. The van der Waals surface area contributed by atoms with E-state index in [1.54, 1.807) is 37.3 Å². The molecule has 0 saturated heterocycles. The molecule has 0 spiro atoms. The largest absolute Gasteiger partial charge is 0.478 e. The van der Waals surface area contributed by atoms with Crippen LogP contribution in [0, 0.1) is 20.2 Å². The van der Waals surface area contributed by atoms with Crippen molar-refractivity contribution in [2.45, 2.75) is 12.8 Å². The molecule has 0 bridgehead atoms. The predicted octanol–water partition coefficient (Wildman–Crippen LogP) is 3.35. The Hall–Kier alpha value is -3.29. The van der Waals surface area contributed by atoms with E-state index in [9.17, 15) is 30.1 Å². The molecule has 0 fully saturated rings. The highest BCUT2D eigenvalue weighted by molar-refractivity contribution is 5.92. The lowest BCUT2D eigenvalue weighted by Gasteiger charge is -2.15. The molecule has 8 nitrogen and oxygen atoms in total. The number of hydrogen-bond acceptors (Lipinski definition) is 5. The minimum absolute atomic E-state index is 0.0562. The van der Waals surface area contributed by atoms with Crippen LogP contribution in [-0.4, -0.2) is 20.9 Å². The number of hydrogen-bond donors (Lipinski definition) is 1. The Bertz CT molecular complexity index is 753. The van der Waals surface area contributed by atoms with Gasteiger partial charge in [-0.1, -0.05) is 37.3 Å². The van der Waals surface area contributed by atoms with Gasteiger partial charge in [0.1, 0.15) is 0 Å². The molecule has 0 heterocycles. The van der Waals surface area contributed by atoms with Crippen molar-refractivity contribution in [1.82, 2.24) is 0 Å². The summed E-state index contributed by atoms with van der Waals surface area (Å²) in [5.74, 6) is -2.06. The second-order valence-corrected chi connectivity index (χ2v) is 4.88. The zero-order chi connectivity index (χ0) is 17.1. The van der Waals surface area contributed by atoms with Gasteiger partial charge in [0.2, 0.25) is 0 Å². The molecule has 1 atom stereocenters. The molecule has 1 N–H and O–H groups in total. The average Bonchev–Trinajstić information content (AvgIpc) is 2.53. The number of nitrogens with zero attached hydrogens (tertiary/aromatic N) is 2. The summed E-state index contributed by atoms with van der Waals surface area (Å²) in [5, 5.41) is 31.5. The molecular weight excluding hydrogens is 304 g/mol. The third kappa shape index (κ3) is 3.15. The number of nitro benzene ring substituents is 2. The highest BCUT2D eigenvalue weighted by Gasteiger charge is 2.30. The van der Waals surface area contributed by atoms with Crippen molar-refractivity contribution in [2.24, 2.45) is 0 Å². The monoisotopic (exact) mass is 316 g/mol. The van der Waals surface area contributed by atoms with Crippen LogP contribution < -0.4 is 0 Å². The number of benzene rings is 2. The van der Waals surface area contributed by atoms with Gasteiger partial charge in [0.25, 0.3) is 11.4 Å². The number of rotatable bonds is 5. The lowest BCUT2D eigenvalue weighted by molar-refractivity contribution is -0.394. The molecule has 23 heavy (non-hydrogen) atoms. The Labute approximate surface area is 130 Å². The summed E-state index contributed by atoms with van der Waals surface area (Å²) in [4.78, 5) is 32.0. The van der Waals surface area contributed by atoms with Crippen LogP contribution in [0.25, 0.3) is 0 Å². The molecule has 0 aliphatic carbocycles. The first-order valence-corrected chi connectivity index (χ1v) is 6.58. The van der Waals surface area contributed by atoms with Crippen LogP contribution in [0.2, 0.25) is 0 Å². The van der Waals surface area contributed by atoms with Gasteiger partial charge < -0.3 is 5.11 Å². The van der Waals surface area contributed by atoms with E-state index >= 15 is 0 Å². The molecule has 0 aliphatic rings. The minimum atomic E-state index is -1.45. The van der Waals surface area contributed by atoms with Crippen LogP contribution in [0.3, 0.4) is 0 Å². The summed E-state index contributed by atoms with van der Waals surface area (Å²) < 4.78 is 0. The topological polar surface area (TPSA) is 124 Å². The van der Waals surface area contributed by atoms with Crippen molar-refractivity contribution < 1.29 is 19.7 Å². The van der Waals surface area contributed by atoms with E-state index < -0.39 is 38.7 Å². The van der Waals surface area contributed by atoms with Gasteiger partial charge in [-0.05, 0) is 5.56 Å². The molecule has 1 unspecified atom stereocenters. The molecule has 8 heteroatoms. The summed E-state index contributed by atoms with van der Waals surface area (Å²) in [6.45, 7) is 1.62. The standard InChI is InChI=1S/C15H12N2O6/c1-9(10-5-3-2-4-6-10)14-12(15(18)19)7-11(16(20)21)8-13(14)17(22)23/h2-9H,1H3,(H,18,19). The van der Waals surface area contributed by atoms with Crippen molar-refractivity contribution in [3.05, 3.63) is 79.4 Å². The smallest absolute Gasteiger partial charge is 0.336 e. The average molecular weight is 316 g/mol. The Kier molecular flexibility index (Phi) is 4.35. The lowest BCUT2D eigenvalue weighted by atomic mass is 9.88. The fraction of sp³-hybridized carbons (Fsp3) is 0.133. The van der Waals surface area contributed by atoms with Crippen LogP contribution >= 0.6 is 0 Å². The Morgan fingerprint density at radius 3 is 2.17 bits per heavy atom. The van der Waals surface area contributed by atoms with Gasteiger partial charge in [0, 0.05) is 12.0 Å². The third-order valence-electron chi connectivity index (χ3n) is 3.51. The minimum Gasteiger partial charge on any atom is -0.478 e. The summed E-state index contributed by atoms with van der Waals surface area (Å²) >= 11 is 0. The maximum atomic E-state index is 11.5. The Balaban J connectivity index is 2.76. The molecule has 2 aromatic rings. The molecule has 0 radical (unpaired) electrons. The van der Waals surface area contributed by atoms with Crippen LogP contribution in [0.5, 0.6) is 0 Å². The van der Waals surface area contributed by atoms with Crippen molar-refractivity contribution in [1.29, 1.82) is 0 Å². The number of carboxylic acids is 1. The van der Waals surface area contributed by atoms with Gasteiger partial charge in [-0.3, -0.25) is 20.2 Å². The van der Waals surface area contributed by atoms with E-state index in [2.05, 4.69) is 0 Å². The third-order valence-corrected chi connectivity index (χ3v) is 3.51. The van der Waals surface area contributed by atoms with Crippen molar-refractivity contribution >= 4 is 17.3 Å². The van der Waals surface area contributed by atoms with E-state index in [0.29, 0.717) is 5.56 Å². The quantitative estimate of drug-likeness (QED) is 0.666. The number of aromatic carboxylic acids is 1. The van der Waals surface area contributed by atoms with Crippen molar-refractivity contribution in [3.8, 4) is 0 Å². The van der Waals surface area contributed by atoms with Gasteiger partial charge in [-0.2, -0.15) is 0 Å². The first kappa shape index (κ1) is 16.1. The highest BCUT2D eigenvalue weighted by atomic mass is 16.6. The van der Waals surface area contributed by atoms with E-state index in [1.807, 2.05) is 0 Å². The van der Waals surface area contributed by atoms with E-state index in [4.69, 9.17) is 0 Å². The van der Waals surface area contributed by atoms with Crippen molar-refractivity contribution in [3.63, 3.8) is 0 Å². The normalized spacial score (nSPS) is 11.7. The molecule has 0 amide bonds. The number of non-ortho nitro benzene ring substituents is 1. The first-order chi connectivity index (χ1) is 10.8. The van der Waals surface area contributed by atoms with Gasteiger partial charge >= 0.3 is 5.97 Å². The van der Waals surface area contributed by atoms with Crippen LogP contribution in [-0.2, 0) is 0 Å². The fourth-order valence-corrected chi connectivity index (χ4v) is 2.42. The SMILES string of the molecule is CC(c1ccccc1)c1c(C(=O)O)cc([N+](=O)[O-])cc1[N+](=O)[O-]. The molecule has 118 valence electrons. The van der Waals surface area contributed by atoms with Gasteiger partial charge in [-0.25, -0.2) is 4.79 Å². The fourth-order valence-electron chi connectivity index (χ4n) is 2.42. The summed E-state index contributed by atoms with van der Waals surface area (Å²) in [7, 11) is 0. The summed E-state index contributed by atoms with van der Waals surface area (Å²) in [5.41, 5.74) is -1.03. The maximum absolute atomic E-state index is 11.5. The first-order valence-electron chi connectivity index (χ1n) is 6.58. The number of carboxylic acid groups (broad SMARTS) is 1. The van der Waals surface area contributed by atoms with E-state index in [1.165, 1.54) is 0 Å². The van der Waals surface area contributed by atoms with Crippen molar-refractivity contribution in [2.75, 3.05) is 0 Å². The zero-order valence-electron chi connectivity index (χ0n) is 12.0. The maximum Gasteiger partial charge on any atom is 0.336 e. The molecule has 0 saturated carbocycles. The van der Waals surface area contributed by atoms with Gasteiger partial charge in [-0.15, -0.1) is 0 Å². The van der Waals surface area contributed by atoms with Gasteiger partial charge in [0.05, 0.1) is 27.0 Å². The van der Waals surface area contributed by atoms with Crippen LogP contribution in [0.15, 0.2) is 42.5 Å². The Morgan fingerprint density at radius 2 is 1.70 bits per heavy atom. The molecular formula is C15H12N2O6. The highest BCUT2D eigenvalue weighted by Crippen LogP contribution is 2.37. The van der Waals surface area contributed by atoms with Crippen LogP contribution in [0.4, 0.5) is 11.4 Å². The Morgan fingerprint density at radius 1 is 1.09 bits per heavy atom. The van der Waals surface area contributed by atoms with E-state index in [0.717, 1.165) is 12.1 Å². The zero-order valence-corrected chi connectivity index (χ0v) is 12.0.